The van der Waals surface area contributed by atoms with Crippen LogP contribution in [0.4, 0.5) is 0 Å². The van der Waals surface area contributed by atoms with E-state index in [1.54, 1.807) is 19.4 Å². The number of carbonyl (C=O) groups is 1. The van der Waals surface area contributed by atoms with Gasteiger partial charge in [-0.1, -0.05) is 0 Å². The van der Waals surface area contributed by atoms with Gasteiger partial charge in [0.2, 0.25) is 0 Å². The number of aryl methyl sites for hydroxylation is 1. The predicted octanol–water partition coefficient (Wildman–Crippen LogP) is 0.783. The van der Waals surface area contributed by atoms with Crippen LogP contribution in [0.15, 0.2) is 12.4 Å². The second-order valence-corrected chi connectivity index (χ2v) is 3.83. The molecule has 5 heteroatoms. The van der Waals surface area contributed by atoms with Crippen molar-refractivity contribution in [2.45, 2.75) is 25.8 Å². The van der Waals surface area contributed by atoms with Gasteiger partial charge >= 0.3 is 5.97 Å². The Bertz CT molecular complexity index is 381. The number of hydrogen-bond donors (Lipinski definition) is 1. The fourth-order valence-electron chi connectivity index (χ4n) is 1.60. The molecule has 0 radical (unpaired) electrons. The van der Waals surface area contributed by atoms with Crippen LogP contribution in [0, 0.1) is 6.92 Å². The van der Waals surface area contributed by atoms with Gasteiger partial charge < -0.3 is 10.1 Å². The number of carbonyl (C=O) groups excluding carboxylic acids is 1. The van der Waals surface area contributed by atoms with Crippen molar-refractivity contribution in [1.82, 2.24) is 15.3 Å². The van der Waals surface area contributed by atoms with Gasteiger partial charge in [0.1, 0.15) is 0 Å². The number of nitrogens with one attached hydrogen (secondary N) is 1. The molecule has 5 nitrogen and oxygen atoms in total. The third-order valence-electron chi connectivity index (χ3n) is 2.68. The van der Waals surface area contributed by atoms with E-state index < -0.39 is 5.54 Å². The van der Waals surface area contributed by atoms with E-state index in [2.05, 4.69) is 20.0 Å². The Morgan fingerprint density at radius 1 is 1.50 bits per heavy atom. The Labute approximate surface area is 95.3 Å². The highest BCUT2D eigenvalue weighted by Gasteiger charge is 2.31. The molecule has 0 aliphatic carbocycles. The van der Waals surface area contributed by atoms with Crippen LogP contribution in [0.2, 0.25) is 0 Å². The number of esters is 1. The van der Waals surface area contributed by atoms with Crippen LogP contribution in [0.5, 0.6) is 0 Å². The Hall–Kier alpha value is -1.49. The number of rotatable bonds is 4. The Balaban J connectivity index is 3.05. The number of aromatic nitrogens is 2. The molecule has 0 fully saturated rings. The first-order valence-corrected chi connectivity index (χ1v) is 5.07. The first kappa shape index (κ1) is 12.6. The van der Waals surface area contributed by atoms with E-state index in [-0.39, 0.29) is 12.4 Å². The van der Waals surface area contributed by atoms with E-state index in [0.29, 0.717) is 0 Å². The molecular weight excluding hydrogens is 206 g/mol. The molecule has 1 N–H and O–H groups in total. The summed E-state index contributed by atoms with van der Waals surface area (Å²) < 4.78 is 4.68. The second-order valence-electron chi connectivity index (χ2n) is 3.83. The molecule has 0 amide bonds. The summed E-state index contributed by atoms with van der Waals surface area (Å²) in [5.74, 6) is -0.276. The van der Waals surface area contributed by atoms with Crippen LogP contribution in [0.3, 0.4) is 0 Å². The van der Waals surface area contributed by atoms with Crippen LogP contribution in [-0.4, -0.2) is 30.1 Å². The maximum absolute atomic E-state index is 11.4. The van der Waals surface area contributed by atoms with Gasteiger partial charge in [0.25, 0.3) is 0 Å². The molecule has 1 unspecified atom stereocenters. The minimum absolute atomic E-state index is 0.222. The zero-order valence-corrected chi connectivity index (χ0v) is 10.1. The van der Waals surface area contributed by atoms with Crippen molar-refractivity contribution >= 4 is 5.97 Å². The van der Waals surface area contributed by atoms with Crippen LogP contribution in [-0.2, 0) is 15.1 Å². The smallest absolute Gasteiger partial charge is 0.307 e. The molecule has 1 aromatic rings. The van der Waals surface area contributed by atoms with E-state index in [0.717, 1.165) is 11.4 Å². The minimum Gasteiger partial charge on any atom is -0.469 e. The Morgan fingerprint density at radius 2 is 2.12 bits per heavy atom. The molecule has 0 aliphatic rings. The maximum Gasteiger partial charge on any atom is 0.307 e. The molecule has 1 heterocycles. The summed E-state index contributed by atoms with van der Waals surface area (Å²) in [5.41, 5.74) is 1.02. The summed E-state index contributed by atoms with van der Waals surface area (Å²) in [5, 5.41) is 3.10. The summed E-state index contributed by atoms with van der Waals surface area (Å²) in [4.78, 5) is 19.8. The second kappa shape index (κ2) is 5.03. The standard InChI is InChI=1S/C11H17N3O2/c1-8-10(14-6-5-13-8)11(2,12-3)7-9(15)16-4/h5-6,12H,7H2,1-4H3. The summed E-state index contributed by atoms with van der Waals surface area (Å²) in [6.07, 6.45) is 3.47. The number of nitrogens with zero attached hydrogens (tertiary/aromatic N) is 2. The molecule has 16 heavy (non-hydrogen) atoms. The first-order valence-electron chi connectivity index (χ1n) is 5.07. The Kier molecular flexibility index (Phi) is 3.95. The first-order chi connectivity index (χ1) is 7.53. The number of hydrogen-bond acceptors (Lipinski definition) is 5. The minimum atomic E-state index is -0.550. The van der Waals surface area contributed by atoms with Gasteiger partial charge in [-0.05, 0) is 20.9 Å². The van der Waals surface area contributed by atoms with Crippen molar-refractivity contribution in [3.05, 3.63) is 23.8 Å². The van der Waals surface area contributed by atoms with Crippen molar-refractivity contribution in [3.8, 4) is 0 Å². The van der Waals surface area contributed by atoms with Crippen LogP contribution in [0.1, 0.15) is 24.7 Å². The van der Waals surface area contributed by atoms with Gasteiger partial charge in [0.05, 0.1) is 30.5 Å². The van der Waals surface area contributed by atoms with Crippen molar-refractivity contribution in [3.63, 3.8) is 0 Å². The van der Waals surface area contributed by atoms with E-state index in [1.807, 2.05) is 13.8 Å². The molecule has 0 spiro atoms. The molecule has 1 aromatic heterocycles. The highest BCUT2D eigenvalue weighted by Crippen LogP contribution is 2.24. The van der Waals surface area contributed by atoms with E-state index in [9.17, 15) is 4.79 Å². The lowest BCUT2D eigenvalue weighted by molar-refractivity contribution is -0.142. The molecule has 1 rings (SSSR count). The molecule has 0 saturated carbocycles. The normalized spacial score (nSPS) is 14.2. The van der Waals surface area contributed by atoms with Crippen molar-refractivity contribution in [2.75, 3.05) is 14.2 Å². The van der Waals surface area contributed by atoms with E-state index >= 15 is 0 Å². The molecule has 0 saturated heterocycles. The van der Waals surface area contributed by atoms with Gasteiger partial charge in [-0.3, -0.25) is 14.8 Å². The van der Waals surface area contributed by atoms with Crippen molar-refractivity contribution in [1.29, 1.82) is 0 Å². The Morgan fingerprint density at radius 3 is 2.62 bits per heavy atom. The fourth-order valence-corrected chi connectivity index (χ4v) is 1.60. The predicted molar refractivity (Wildman–Crippen MR) is 59.8 cm³/mol. The van der Waals surface area contributed by atoms with Crippen LogP contribution >= 0.6 is 0 Å². The lowest BCUT2D eigenvalue weighted by Crippen LogP contribution is -2.40. The molecule has 0 aromatic carbocycles. The average Bonchev–Trinajstić information content (AvgIpc) is 2.29. The SMILES string of the molecule is CNC(C)(CC(=O)OC)c1nccnc1C. The van der Waals surface area contributed by atoms with Crippen LogP contribution < -0.4 is 5.32 Å². The zero-order chi connectivity index (χ0) is 12.2. The van der Waals surface area contributed by atoms with Gasteiger partial charge in [-0.25, -0.2) is 0 Å². The quantitative estimate of drug-likeness (QED) is 0.764. The molecule has 1 atom stereocenters. The van der Waals surface area contributed by atoms with Crippen LogP contribution in [0.25, 0.3) is 0 Å². The lowest BCUT2D eigenvalue weighted by Gasteiger charge is -2.28. The number of methoxy groups -OCH3 is 1. The van der Waals surface area contributed by atoms with E-state index in [1.165, 1.54) is 7.11 Å². The maximum atomic E-state index is 11.4. The van der Waals surface area contributed by atoms with Gasteiger partial charge in [0.15, 0.2) is 0 Å². The highest BCUT2D eigenvalue weighted by atomic mass is 16.5. The zero-order valence-electron chi connectivity index (χ0n) is 10.1. The van der Waals surface area contributed by atoms with Gasteiger partial charge in [-0.2, -0.15) is 0 Å². The summed E-state index contributed by atoms with van der Waals surface area (Å²) >= 11 is 0. The fraction of sp³-hybridized carbons (Fsp3) is 0.545. The molecule has 0 bridgehead atoms. The topological polar surface area (TPSA) is 64.1 Å². The highest BCUT2D eigenvalue weighted by molar-refractivity contribution is 5.71. The number of ether oxygens (including phenoxy) is 1. The molecule has 0 aliphatic heterocycles. The summed E-state index contributed by atoms with van der Waals surface area (Å²) in [6.45, 7) is 3.77. The lowest BCUT2D eigenvalue weighted by atomic mass is 9.92. The third kappa shape index (κ3) is 2.55. The van der Waals surface area contributed by atoms with Gasteiger partial charge in [-0.15, -0.1) is 0 Å². The summed E-state index contributed by atoms with van der Waals surface area (Å²) in [6, 6.07) is 0. The monoisotopic (exact) mass is 223 g/mol. The van der Waals surface area contributed by atoms with E-state index in [4.69, 9.17) is 0 Å². The summed E-state index contributed by atoms with van der Waals surface area (Å²) in [7, 11) is 3.17. The average molecular weight is 223 g/mol. The van der Waals surface area contributed by atoms with Gasteiger partial charge in [0, 0.05) is 12.4 Å². The largest absolute Gasteiger partial charge is 0.469 e. The molecule has 88 valence electrons. The molecular formula is C11H17N3O2. The third-order valence-corrected chi connectivity index (χ3v) is 2.68. The van der Waals surface area contributed by atoms with Crippen molar-refractivity contribution < 1.29 is 9.53 Å². The van der Waals surface area contributed by atoms with Crippen molar-refractivity contribution in [2.24, 2.45) is 0 Å².